The van der Waals surface area contributed by atoms with Gasteiger partial charge in [-0.15, -0.1) is 0 Å². The standard InChI is InChI=1S/C14H21N3O2/c1-14(6-3-7-14)16-9-10-4-5-12(19-2)11(8-10)13(15)17-18/h4-5,8,16,18H,3,6-7,9H2,1-2H3,(H2,15,17). The van der Waals surface area contributed by atoms with Gasteiger partial charge in [0.1, 0.15) is 5.75 Å². The van der Waals surface area contributed by atoms with Crippen molar-refractivity contribution in [2.24, 2.45) is 10.9 Å². The lowest BCUT2D eigenvalue weighted by molar-refractivity contribution is 0.207. The molecule has 4 N–H and O–H groups in total. The first-order chi connectivity index (χ1) is 9.08. The molecule has 5 heteroatoms. The quantitative estimate of drug-likeness (QED) is 0.328. The third kappa shape index (κ3) is 2.98. The van der Waals surface area contributed by atoms with Gasteiger partial charge in [0.15, 0.2) is 5.84 Å². The maximum Gasteiger partial charge on any atom is 0.173 e. The zero-order valence-corrected chi connectivity index (χ0v) is 11.4. The number of nitrogens with two attached hydrogens (primary N) is 1. The zero-order valence-electron chi connectivity index (χ0n) is 11.4. The van der Waals surface area contributed by atoms with E-state index < -0.39 is 0 Å². The third-order valence-corrected chi connectivity index (χ3v) is 3.82. The molecule has 1 aromatic rings. The number of oxime groups is 1. The summed E-state index contributed by atoms with van der Waals surface area (Å²) >= 11 is 0. The Hall–Kier alpha value is -1.75. The first kappa shape index (κ1) is 13.7. The fraction of sp³-hybridized carbons (Fsp3) is 0.500. The van der Waals surface area contributed by atoms with Gasteiger partial charge >= 0.3 is 0 Å². The summed E-state index contributed by atoms with van der Waals surface area (Å²) in [6.45, 7) is 3.01. The predicted octanol–water partition coefficient (Wildman–Crippen LogP) is 1.82. The monoisotopic (exact) mass is 263 g/mol. The largest absolute Gasteiger partial charge is 0.496 e. The molecule has 1 aliphatic rings. The summed E-state index contributed by atoms with van der Waals surface area (Å²) in [5.74, 6) is 0.669. The maximum absolute atomic E-state index is 8.80. The SMILES string of the molecule is COc1ccc(CNC2(C)CCC2)cc1/C(N)=N/O. The molecule has 1 aromatic carbocycles. The third-order valence-electron chi connectivity index (χ3n) is 3.82. The number of methoxy groups -OCH3 is 1. The normalized spacial score (nSPS) is 17.9. The molecule has 5 nitrogen and oxygen atoms in total. The fourth-order valence-electron chi connectivity index (χ4n) is 2.32. The Labute approximate surface area is 113 Å². The van der Waals surface area contributed by atoms with Crippen LogP contribution in [0.2, 0.25) is 0 Å². The molecule has 0 saturated heterocycles. The highest BCUT2D eigenvalue weighted by atomic mass is 16.5. The molecule has 104 valence electrons. The molecule has 0 radical (unpaired) electrons. The summed E-state index contributed by atoms with van der Waals surface area (Å²) in [6.07, 6.45) is 3.73. The average Bonchev–Trinajstić information content (AvgIpc) is 2.41. The second kappa shape index (κ2) is 5.48. The number of ether oxygens (including phenoxy) is 1. The molecule has 0 unspecified atom stereocenters. The minimum absolute atomic E-state index is 0.0635. The Morgan fingerprint density at radius 1 is 1.53 bits per heavy atom. The molecule has 0 bridgehead atoms. The second-order valence-electron chi connectivity index (χ2n) is 5.29. The molecule has 19 heavy (non-hydrogen) atoms. The maximum atomic E-state index is 8.80. The molecule has 1 saturated carbocycles. The van der Waals surface area contributed by atoms with E-state index in [2.05, 4.69) is 17.4 Å². The van der Waals surface area contributed by atoms with Crippen LogP contribution in [0.4, 0.5) is 0 Å². The van der Waals surface area contributed by atoms with Crippen molar-refractivity contribution in [1.82, 2.24) is 5.32 Å². The lowest BCUT2D eigenvalue weighted by Crippen LogP contribution is -2.47. The van der Waals surface area contributed by atoms with Crippen LogP contribution in [0.25, 0.3) is 0 Å². The second-order valence-corrected chi connectivity index (χ2v) is 5.29. The molecule has 2 rings (SSSR count). The van der Waals surface area contributed by atoms with Gasteiger partial charge in [-0.2, -0.15) is 0 Å². The van der Waals surface area contributed by atoms with Crippen LogP contribution in [0.3, 0.4) is 0 Å². The van der Waals surface area contributed by atoms with E-state index in [0.29, 0.717) is 11.3 Å². The summed E-state index contributed by atoms with van der Waals surface area (Å²) < 4.78 is 5.21. The Bertz CT molecular complexity index is 482. The number of rotatable bonds is 5. The van der Waals surface area contributed by atoms with Gasteiger partial charge in [-0.1, -0.05) is 11.2 Å². The van der Waals surface area contributed by atoms with Gasteiger partial charge in [-0.3, -0.25) is 0 Å². The van der Waals surface area contributed by atoms with Gasteiger partial charge in [0.25, 0.3) is 0 Å². The van der Waals surface area contributed by atoms with Crippen molar-refractivity contribution in [2.45, 2.75) is 38.3 Å². The van der Waals surface area contributed by atoms with Crippen molar-refractivity contribution in [3.05, 3.63) is 29.3 Å². The van der Waals surface area contributed by atoms with Gasteiger partial charge < -0.3 is 21.0 Å². The summed E-state index contributed by atoms with van der Waals surface area (Å²) in [5.41, 5.74) is 7.63. The Morgan fingerprint density at radius 2 is 2.26 bits per heavy atom. The van der Waals surface area contributed by atoms with Crippen molar-refractivity contribution in [1.29, 1.82) is 0 Å². The van der Waals surface area contributed by atoms with E-state index in [1.165, 1.54) is 19.3 Å². The first-order valence-electron chi connectivity index (χ1n) is 6.48. The predicted molar refractivity (Wildman–Crippen MR) is 74.6 cm³/mol. The van der Waals surface area contributed by atoms with Gasteiger partial charge in [0.05, 0.1) is 12.7 Å². The minimum Gasteiger partial charge on any atom is -0.496 e. The van der Waals surface area contributed by atoms with E-state index in [0.717, 1.165) is 12.1 Å². The minimum atomic E-state index is 0.0635. The summed E-state index contributed by atoms with van der Waals surface area (Å²) in [5, 5.41) is 15.4. The average molecular weight is 263 g/mol. The lowest BCUT2D eigenvalue weighted by Gasteiger charge is -2.39. The molecule has 0 spiro atoms. The number of nitrogens with zero attached hydrogens (tertiary/aromatic N) is 1. The van der Waals surface area contributed by atoms with Crippen LogP contribution in [-0.2, 0) is 6.54 Å². The van der Waals surface area contributed by atoms with Crippen molar-refractivity contribution in [2.75, 3.05) is 7.11 Å². The zero-order chi connectivity index (χ0) is 13.9. The molecule has 1 aliphatic carbocycles. The summed E-state index contributed by atoms with van der Waals surface area (Å²) in [7, 11) is 1.57. The number of nitrogens with one attached hydrogen (secondary N) is 1. The van der Waals surface area contributed by atoms with Crippen molar-refractivity contribution < 1.29 is 9.94 Å². The smallest absolute Gasteiger partial charge is 0.173 e. The van der Waals surface area contributed by atoms with Gasteiger partial charge in [-0.05, 0) is 43.9 Å². The summed E-state index contributed by atoms with van der Waals surface area (Å²) in [4.78, 5) is 0. The van der Waals surface area contributed by atoms with Gasteiger partial charge in [0, 0.05) is 12.1 Å². The molecule has 0 aromatic heterocycles. The Morgan fingerprint density at radius 3 is 2.79 bits per heavy atom. The van der Waals surface area contributed by atoms with E-state index >= 15 is 0 Å². The highest BCUT2D eigenvalue weighted by Gasteiger charge is 2.30. The molecule has 0 amide bonds. The first-order valence-corrected chi connectivity index (χ1v) is 6.48. The van der Waals surface area contributed by atoms with E-state index in [1.54, 1.807) is 7.11 Å². The van der Waals surface area contributed by atoms with Crippen LogP contribution >= 0.6 is 0 Å². The number of benzene rings is 1. The highest BCUT2D eigenvalue weighted by Crippen LogP contribution is 2.31. The van der Waals surface area contributed by atoms with E-state index in [9.17, 15) is 0 Å². The molecular weight excluding hydrogens is 242 g/mol. The number of amidine groups is 1. The molecular formula is C14H21N3O2. The van der Waals surface area contributed by atoms with E-state index in [1.807, 2.05) is 18.2 Å². The fourth-order valence-corrected chi connectivity index (χ4v) is 2.32. The Balaban J connectivity index is 2.13. The van der Waals surface area contributed by atoms with Crippen molar-refractivity contribution in [3.63, 3.8) is 0 Å². The van der Waals surface area contributed by atoms with Crippen LogP contribution in [0.1, 0.15) is 37.3 Å². The number of hydrogen-bond donors (Lipinski definition) is 3. The van der Waals surface area contributed by atoms with Crippen LogP contribution < -0.4 is 15.8 Å². The topological polar surface area (TPSA) is 79.9 Å². The van der Waals surface area contributed by atoms with Crippen molar-refractivity contribution >= 4 is 5.84 Å². The van der Waals surface area contributed by atoms with Crippen molar-refractivity contribution in [3.8, 4) is 5.75 Å². The van der Waals surface area contributed by atoms with Crippen LogP contribution in [0, 0.1) is 0 Å². The van der Waals surface area contributed by atoms with Gasteiger partial charge in [0.2, 0.25) is 0 Å². The van der Waals surface area contributed by atoms with Crippen LogP contribution in [0.5, 0.6) is 5.75 Å². The highest BCUT2D eigenvalue weighted by molar-refractivity contribution is 5.99. The summed E-state index contributed by atoms with van der Waals surface area (Å²) in [6, 6.07) is 5.72. The van der Waals surface area contributed by atoms with Crippen LogP contribution in [-0.4, -0.2) is 23.7 Å². The molecule has 0 atom stereocenters. The molecule has 0 heterocycles. The Kier molecular flexibility index (Phi) is 3.95. The van der Waals surface area contributed by atoms with Crippen LogP contribution in [0.15, 0.2) is 23.4 Å². The molecule has 0 aliphatic heterocycles. The van der Waals surface area contributed by atoms with Gasteiger partial charge in [-0.25, -0.2) is 0 Å². The van der Waals surface area contributed by atoms with E-state index in [4.69, 9.17) is 15.7 Å². The van der Waals surface area contributed by atoms with E-state index in [-0.39, 0.29) is 11.4 Å². The lowest BCUT2D eigenvalue weighted by atomic mass is 9.78. The number of hydrogen-bond acceptors (Lipinski definition) is 4. The molecule has 1 fully saturated rings.